The molecule has 0 radical (unpaired) electrons. The quantitative estimate of drug-likeness (QED) is 0.417. The van der Waals surface area contributed by atoms with Crippen LogP contribution >= 0.6 is 0 Å². The Morgan fingerprint density at radius 1 is 1.04 bits per heavy atom. The third-order valence-corrected chi connectivity index (χ3v) is 4.63. The van der Waals surface area contributed by atoms with E-state index in [0.717, 1.165) is 16.7 Å². The molecule has 0 heterocycles. The monoisotopic (exact) mass is 378 g/mol. The minimum atomic E-state index is -0.958. The van der Waals surface area contributed by atoms with Gasteiger partial charge in [-0.05, 0) is 43.0 Å². The Morgan fingerprint density at radius 3 is 2.46 bits per heavy atom. The molecule has 28 heavy (non-hydrogen) atoms. The van der Waals surface area contributed by atoms with Gasteiger partial charge in [0.25, 0.3) is 5.78 Å². The van der Waals surface area contributed by atoms with Gasteiger partial charge in [-0.2, -0.15) is 0 Å². The maximum absolute atomic E-state index is 12.5. The Labute approximate surface area is 164 Å². The number of carbonyl (C=O) groups excluding carboxylic acids is 3. The van der Waals surface area contributed by atoms with E-state index >= 15 is 0 Å². The zero-order valence-corrected chi connectivity index (χ0v) is 15.7. The van der Waals surface area contributed by atoms with E-state index < -0.39 is 17.7 Å². The number of para-hydroxylation sites is 1. The minimum Gasteiger partial charge on any atom is -0.488 e. The summed E-state index contributed by atoms with van der Waals surface area (Å²) in [5, 5.41) is 0. The fourth-order valence-electron chi connectivity index (χ4n) is 3.20. The van der Waals surface area contributed by atoms with Crippen molar-refractivity contribution in [2.45, 2.75) is 26.4 Å². The first-order chi connectivity index (χ1) is 13.6. The zero-order chi connectivity index (χ0) is 19.9. The Bertz CT molecular complexity index is 898. The molecule has 5 nitrogen and oxygen atoms in total. The maximum atomic E-state index is 12.5. The summed E-state index contributed by atoms with van der Waals surface area (Å²) in [6.45, 7) is 2.15. The van der Waals surface area contributed by atoms with E-state index in [2.05, 4.69) is 0 Å². The number of allylic oxidation sites excluding steroid dienone is 2. The van der Waals surface area contributed by atoms with Crippen LogP contribution in [0.4, 0.5) is 0 Å². The van der Waals surface area contributed by atoms with Gasteiger partial charge in [-0.1, -0.05) is 48.5 Å². The Balaban J connectivity index is 1.75. The number of esters is 1. The van der Waals surface area contributed by atoms with Crippen molar-refractivity contribution in [2.75, 3.05) is 6.61 Å². The first-order valence-corrected chi connectivity index (χ1v) is 9.31. The summed E-state index contributed by atoms with van der Waals surface area (Å²) >= 11 is 0. The molecule has 1 aliphatic rings. The molecule has 3 rings (SSSR count). The van der Waals surface area contributed by atoms with Gasteiger partial charge in [0.05, 0.1) is 12.5 Å². The Kier molecular flexibility index (Phi) is 6.37. The van der Waals surface area contributed by atoms with E-state index in [-0.39, 0.29) is 18.8 Å². The van der Waals surface area contributed by atoms with Crippen molar-refractivity contribution < 1.29 is 23.9 Å². The van der Waals surface area contributed by atoms with Crippen LogP contribution in [0.3, 0.4) is 0 Å². The lowest BCUT2D eigenvalue weighted by Gasteiger charge is -2.21. The van der Waals surface area contributed by atoms with Crippen molar-refractivity contribution in [2.24, 2.45) is 5.92 Å². The molecule has 0 amide bonds. The van der Waals surface area contributed by atoms with Crippen LogP contribution in [-0.2, 0) is 25.7 Å². The standard InChI is InChI=1S/C23H22O5/c1-2-27-23(26)22(25)19-13-12-17(14-20(19)24)18-10-6-7-11-21(18)28-15-16-8-4-3-5-9-16/h3-11,14,19H,2,12-13,15H2,1H3. The van der Waals surface area contributed by atoms with Gasteiger partial charge in [-0.15, -0.1) is 0 Å². The number of ketones is 2. The summed E-state index contributed by atoms with van der Waals surface area (Å²) < 4.78 is 10.7. The molecule has 0 saturated carbocycles. The highest BCUT2D eigenvalue weighted by Crippen LogP contribution is 2.34. The summed E-state index contributed by atoms with van der Waals surface area (Å²) in [6, 6.07) is 17.3. The molecule has 0 fully saturated rings. The largest absolute Gasteiger partial charge is 0.488 e. The second-order valence-corrected chi connectivity index (χ2v) is 6.52. The lowest BCUT2D eigenvalue weighted by molar-refractivity contribution is -0.156. The van der Waals surface area contributed by atoms with E-state index in [1.54, 1.807) is 6.92 Å². The van der Waals surface area contributed by atoms with Crippen LogP contribution in [0.5, 0.6) is 5.75 Å². The number of hydrogen-bond donors (Lipinski definition) is 0. The molecule has 1 unspecified atom stereocenters. The lowest BCUT2D eigenvalue weighted by atomic mass is 9.83. The van der Waals surface area contributed by atoms with Gasteiger partial charge in [-0.25, -0.2) is 4.79 Å². The Morgan fingerprint density at radius 2 is 1.75 bits per heavy atom. The van der Waals surface area contributed by atoms with E-state index in [4.69, 9.17) is 9.47 Å². The molecule has 5 heteroatoms. The number of carbonyl (C=O) groups is 3. The van der Waals surface area contributed by atoms with E-state index in [1.165, 1.54) is 6.08 Å². The minimum absolute atomic E-state index is 0.110. The summed E-state index contributed by atoms with van der Waals surface area (Å²) in [5.74, 6) is -2.35. The number of Topliss-reactive ketones (excluding diaryl/α,β-unsaturated/α-hetero) is 1. The van der Waals surface area contributed by atoms with E-state index in [9.17, 15) is 14.4 Å². The highest BCUT2D eigenvalue weighted by atomic mass is 16.5. The number of hydrogen-bond acceptors (Lipinski definition) is 5. The molecular formula is C23H22O5. The van der Waals surface area contributed by atoms with Crippen molar-refractivity contribution >= 4 is 23.1 Å². The highest BCUT2D eigenvalue weighted by Gasteiger charge is 2.34. The topological polar surface area (TPSA) is 69.7 Å². The molecule has 0 N–H and O–H groups in total. The number of ether oxygens (including phenoxy) is 2. The predicted octanol–water partition coefficient (Wildman–Crippen LogP) is 3.76. The molecule has 2 aromatic rings. The molecular weight excluding hydrogens is 356 g/mol. The van der Waals surface area contributed by atoms with Crippen molar-refractivity contribution in [1.29, 1.82) is 0 Å². The van der Waals surface area contributed by atoms with Crippen molar-refractivity contribution in [3.05, 3.63) is 71.8 Å². The van der Waals surface area contributed by atoms with E-state index in [0.29, 0.717) is 18.8 Å². The third kappa shape index (κ3) is 4.55. The average molecular weight is 378 g/mol. The molecule has 1 aliphatic carbocycles. The van der Waals surface area contributed by atoms with Gasteiger partial charge in [0.2, 0.25) is 0 Å². The molecule has 2 aromatic carbocycles. The fourth-order valence-corrected chi connectivity index (χ4v) is 3.20. The molecule has 144 valence electrons. The van der Waals surface area contributed by atoms with Crippen LogP contribution < -0.4 is 4.74 Å². The van der Waals surface area contributed by atoms with Gasteiger partial charge in [-0.3, -0.25) is 9.59 Å². The molecule has 0 aliphatic heterocycles. The van der Waals surface area contributed by atoms with Gasteiger partial charge in [0.15, 0.2) is 5.78 Å². The van der Waals surface area contributed by atoms with Crippen LogP contribution in [0, 0.1) is 5.92 Å². The summed E-state index contributed by atoms with van der Waals surface area (Å²) in [6.07, 6.45) is 2.25. The predicted molar refractivity (Wildman–Crippen MR) is 105 cm³/mol. The first kappa shape index (κ1) is 19.5. The summed E-state index contributed by atoms with van der Waals surface area (Å²) in [4.78, 5) is 36.2. The third-order valence-electron chi connectivity index (χ3n) is 4.63. The van der Waals surface area contributed by atoms with Crippen LogP contribution in [0.15, 0.2) is 60.7 Å². The van der Waals surface area contributed by atoms with Crippen LogP contribution in [0.25, 0.3) is 5.57 Å². The molecule has 1 atom stereocenters. The van der Waals surface area contributed by atoms with Crippen LogP contribution in [-0.4, -0.2) is 24.1 Å². The SMILES string of the molecule is CCOC(=O)C(=O)C1CCC(c2ccccc2OCc2ccccc2)=CC1=O. The molecule has 0 spiro atoms. The van der Waals surface area contributed by atoms with E-state index in [1.807, 2.05) is 54.6 Å². The van der Waals surface area contributed by atoms with Crippen LogP contribution in [0.2, 0.25) is 0 Å². The van der Waals surface area contributed by atoms with Crippen LogP contribution in [0.1, 0.15) is 30.9 Å². The van der Waals surface area contributed by atoms with Gasteiger partial charge < -0.3 is 9.47 Å². The zero-order valence-electron chi connectivity index (χ0n) is 15.7. The number of rotatable bonds is 7. The van der Waals surface area contributed by atoms with Gasteiger partial charge in [0.1, 0.15) is 12.4 Å². The van der Waals surface area contributed by atoms with Crippen molar-refractivity contribution in [3.8, 4) is 5.75 Å². The second kappa shape index (κ2) is 9.13. The van der Waals surface area contributed by atoms with Crippen molar-refractivity contribution in [3.63, 3.8) is 0 Å². The second-order valence-electron chi connectivity index (χ2n) is 6.52. The number of benzene rings is 2. The Hall–Kier alpha value is -3.21. The smallest absolute Gasteiger partial charge is 0.375 e. The van der Waals surface area contributed by atoms with Crippen molar-refractivity contribution in [1.82, 2.24) is 0 Å². The summed E-state index contributed by atoms with van der Waals surface area (Å²) in [5.41, 5.74) is 2.68. The fraction of sp³-hybridized carbons (Fsp3) is 0.261. The highest BCUT2D eigenvalue weighted by molar-refractivity contribution is 6.39. The van der Waals surface area contributed by atoms with Gasteiger partial charge >= 0.3 is 5.97 Å². The lowest BCUT2D eigenvalue weighted by Crippen LogP contribution is -2.32. The average Bonchev–Trinajstić information content (AvgIpc) is 2.73. The summed E-state index contributed by atoms with van der Waals surface area (Å²) in [7, 11) is 0. The van der Waals surface area contributed by atoms with Gasteiger partial charge in [0, 0.05) is 5.56 Å². The molecule has 0 bridgehead atoms. The maximum Gasteiger partial charge on any atom is 0.375 e. The normalized spacial score (nSPS) is 16.2. The molecule has 0 aromatic heterocycles. The molecule has 0 saturated heterocycles. The first-order valence-electron chi connectivity index (χ1n) is 9.31.